The van der Waals surface area contributed by atoms with Gasteiger partial charge < -0.3 is 4.42 Å². The molecular weight excluding hydrogens is 357 g/mol. The minimum absolute atomic E-state index is 0.0394. The molecule has 0 saturated carbocycles. The van der Waals surface area contributed by atoms with E-state index in [0.29, 0.717) is 26.3 Å². The van der Waals surface area contributed by atoms with E-state index in [1.807, 2.05) is 6.92 Å². The van der Waals surface area contributed by atoms with E-state index in [9.17, 15) is 9.59 Å². The van der Waals surface area contributed by atoms with Gasteiger partial charge in [0.2, 0.25) is 0 Å². The molecule has 1 aliphatic heterocycles. The fourth-order valence-corrected chi connectivity index (χ4v) is 3.47. The van der Waals surface area contributed by atoms with Crippen molar-refractivity contribution < 1.29 is 14.0 Å². The second kappa shape index (κ2) is 6.43. The highest BCUT2D eigenvalue weighted by Gasteiger charge is 2.35. The van der Waals surface area contributed by atoms with E-state index >= 15 is 0 Å². The molecule has 1 aromatic heterocycles. The Balaban J connectivity index is 1.86. The van der Waals surface area contributed by atoms with Gasteiger partial charge in [-0.25, -0.2) is 0 Å². The van der Waals surface area contributed by atoms with Crippen LogP contribution < -0.4 is 0 Å². The first-order valence-electron chi connectivity index (χ1n) is 6.70. The Labute approximate surface area is 147 Å². The standard InChI is InChI=1S/C16H11Cl2NO3S/c1-9-5-6-10(22-9)7-14-15(20)19(16(21)23-14)8-11-12(17)3-2-4-13(11)18/h2-7H,8H2,1H3/b14-7+. The van der Waals surface area contributed by atoms with Crippen LogP contribution in [0, 0.1) is 6.92 Å². The Bertz CT molecular complexity index is 808. The lowest BCUT2D eigenvalue weighted by molar-refractivity contribution is -0.123. The Morgan fingerprint density at radius 3 is 2.48 bits per heavy atom. The van der Waals surface area contributed by atoms with Gasteiger partial charge in [-0.2, -0.15) is 0 Å². The van der Waals surface area contributed by atoms with Crippen molar-refractivity contribution in [1.82, 2.24) is 4.90 Å². The maximum absolute atomic E-state index is 12.4. The van der Waals surface area contributed by atoms with Crippen LogP contribution in [0.4, 0.5) is 4.79 Å². The number of imide groups is 1. The summed E-state index contributed by atoms with van der Waals surface area (Å²) >= 11 is 13.1. The zero-order valence-electron chi connectivity index (χ0n) is 12.0. The molecular formula is C16H11Cl2NO3S. The zero-order valence-corrected chi connectivity index (χ0v) is 14.3. The fourth-order valence-electron chi connectivity index (χ4n) is 2.14. The number of benzene rings is 1. The number of furan rings is 1. The molecule has 1 aliphatic rings. The average Bonchev–Trinajstić information content (AvgIpc) is 3.01. The number of hydrogen-bond donors (Lipinski definition) is 0. The molecule has 1 aromatic carbocycles. The second-order valence-electron chi connectivity index (χ2n) is 4.92. The second-order valence-corrected chi connectivity index (χ2v) is 6.72. The Morgan fingerprint density at radius 2 is 1.87 bits per heavy atom. The van der Waals surface area contributed by atoms with E-state index in [0.717, 1.165) is 22.4 Å². The first kappa shape index (κ1) is 16.2. The van der Waals surface area contributed by atoms with Crippen molar-refractivity contribution >= 4 is 52.2 Å². The molecule has 1 saturated heterocycles. The molecule has 0 spiro atoms. The van der Waals surface area contributed by atoms with Crippen molar-refractivity contribution in [3.05, 3.63) is 62.4 Å². The topological polar surface area (TPSA) is 50.5 Å². The van der Waals surface area contributed by atoms with Gasteiger partial charge >= 0.3 is 0 Å². The number of carbonyl (C=O) groups excluding carboxylic acids is 2. The minimum Gasteiger partial charge on any atom is -0.462 e. The molecule has 1 fully saturated rings. The lowest BCUT2D eigenvalue weighted by Crippen LogP contribution is -2.27. The molecule has 2 amide bonds. The summed E-state index contributed by atoms with van der Waals surface area (Å²) in [6.45, 7) is 1.85. The number of halogens is 2. The van der Waals surface area contributed by atoms with Crippen molar-refractivity contribution in [2.75, 3.05) is 0 Å². The van der Waals surface area contributed by atoms with Gasteiger partial charge in [-0.3, -0.25) is 14.5 Å². The van der Waals surface area contributed by atoms with Gasteiger partial charge in [0, 0.05) is 21.7 Å². The Kier molecular flexibility index (Phi) is 4.53. The maximum atomic E-state index is 12.4. The lowest BCUT2D eigenvalue weighted by Gasteiger charge is -2.14. The SMILES string of the molecule is Cc1ccc(/C=C2/SC(=O)N(Cc3c(Cl)cccc3Cl)C2=O)o1. The molecule has 0 radical (unpaired) electrons. The number of amides is 2. The highest BCUT2D eigenvalue weighted by Crippen LogP contribution is 2.35. The third-order valence-corrected chi connectivity index (χ3v) is 4.90. The summed E-state index contributed by atoms with van der Waals surface area (Å²) in [5, 5.41) is 0.477. The molecule has 0 bridgehead atoms. The van der Waals surface area contributed by atoms with Crippen LogP contribution in [-0.4, -0.2) is 16.0 Å². The predicted octanol–water partition coefficient (Wildman–Crippen LogP) is 5.13. The van der Waals surface area contributed by atoms with Crippen molar-refractivity contribution in [2.24, 2.45) is 0 Å². The molecule has 4 nitrogen and oxygen atoms in total. The molecule has 0 aliphatic carbocycles. The quantitative estimate of drug-likeness (QED) is 0.705. The molecule has 3 rings (SSSR count). The Hall–Kier alpha value is -1.69. The van der Waals surface area contributed by atoms with Crippen molar-refractivity contribution in [1.29, 1.82) is 0 Å². The van der Waals surface area contributed by atoms with Gasteiger partial charge in [0.1, 0.15) is 11.5 Å². The summed E-state index contributed by atoms with van der Waals surface area (Å²) in [6.07, 6.45) is 1.56. The predicted molar refractivity (Wildman–Crippen MR) is 91.4 cm³/mol. The molecule has 0 N–H and O–H groups in total. The van der Waals surface area contributed by atoms with Crippen molar-refractivity contribution in [3.63, 3.8) is 0 Å². The van der Waals surface area contributed by atoms with Crippen molar-refractivity contribution in [3.8, 4) is 0 Å². The highest BCUT2D eigenvalue weighted by molar-refractivity contribution is 8.18. The number of nitrogens with zero attached hydrogens (tertiary/aromatic N) is 1. The normalized spacial score (nSPS) is 16.7. The molecule has 7 heteroatoms. The summed E-state index contributed by atoms with van der Waals surface area (Å²) in [5.41, 5.74) is 0.549. The van der Waals surface area contributed by atoms with Crippen LogP contribution in [0.1, 0.15) is 17.1 Å². The summed E-state index contributed by atoms with van der Waals surface area (Å²) < 4.78 is 5.41. The summed E-state index contributed by atoms with van der Waals surface area (Å²) in [4.78, 5) is 26.0. The molecule has 23 heavy (non-hydrogen) atoms. The van der Waals surface area contributed by atoms with E-state index in [1.165, 1.54) is 0 Å². The molecule has 118 valence electrons. The first-order chi connectivity index (χ1) is 11.0. The van der Waals surface area contributed by atoms with Crippen LogP contribution in [0.3, 0.4) is 0 Å². The number of aryl methyl sites for hydroxylation is 1. The summed E-state index contributed by atoms with van der Waals surface area (Å²) in [7, 11) is 0. The van der Waals surface area contributed by atoms with Crippen LogP contribution >= 0.6 is 35.0 Å². The van der Waals surface area contributed by atoms with Gasteiger partial charge in [0.15, 0.2) is 0 Å². The molecule has 0 atom stereocenters. The maximum Gasteiger partial charge on any atom is 0.293 e. The van der Waals surface area contributed by atoms with Crippen LogP contribution in [0.2, 0.25) is 10.0 Å². The van der Waals surface area contributed by atoms with Crippen LogP contribution in [0.25, 0.3) is 6.08 Å². The van der Waals surface area contributed by atoms with E-state index in [-0.39, 0.29) is 17.7 Å². The monoisotopic (exact) mass is 367 g/mol. The summed E-state index contributed by atoms with van der Waals surface area (Å²) in [6, 6.07) is 8.58. The third kappa shape index (κ3) is 3.32. The minimum atomic E-state index is -0.384. The molecule has 2 heterocycles. The number of rotatable bonds is 3. The molecule has 2 aromatic rings. The fraction of sp³-hybridized carbons (Fsp3) is 0.125. The largest absolute Gasteiger partial charge is 0.462 e. The van der Waals surface area contributed by atoms with Crippen molar-refractivity contribution in [2.45, 2.75) is 13.5 Å². The Morgan fingerprint density at radius 1 is 1.17 bits per heavy atom. The van der Waals surface area contributed by atoms with Gasteiger partial charge in [-0.15, -0.1) is 0 Å². The van der Waals surface area contributed by atoms with E-state index in [2.05, 4.69) is 0 Å². The highest BCUT2D eigenvalue weighted by atomic mass is 35.5. The van der Waals surface area contributed by atoms with Gasteiger partial charge in [0.25, 0.3) is 11.1 Å². The molecule has 0 unspecified atom stereocenters. The first-order valence-corrected chi connectivity index (χ1v) is 8.27. The van der Waals surface area contributed by atoms with Gasteiger partial charge in [-0.05, 0) is 43.0 Å². The number of thioether (sulfide) groups is 1. The lowest BCUT2D eigenvalue weighted by atomic mass is 10.2. The van der Waals surface area contributed by atoms with E-state index in [4.69, 9.17) is 27.6 Å². The van der Waals surface area contributed by atoms with Crippen LogP contribution in [0.15, 0.2) is 39.7 Å². The number of carbonyl (C=O) groups is 2. The average molecular weight is 368 g/mol. The van der Waals surface area contributed by atoms with Gasteiger partial charge in [0.05, 0.1) is 11.4 Å². The van der Waals surface area contributed by atoms with Crippen LogP contribution in [0.5, 0.6) is 0 Å². The number of hydrogen-bond acceptors (Lipinski definition) is 4. The third-order valence-electron chi connectivity index (χ3n) is 3.29. The summed E-state index contributed by atoms with van der Waals surface area (Å²) in [5.74, 6) is 0.882. The van der Waals surface area contributed by atoms with Gasteiger partial charge in [-0.1, -0.05) is 29.3 Å². The smallest absolute Gasteiger partial charge is 0.293 e. The van der Waals surface area contributed by atoms with E-state index in [1.54, 1.807) is 36.4 Å². The zero-order chi connectivity index (χ0) is 16.6. The van der Waals surface area contributed by atoms with E-state index < -0.39 is 0 Å². The van der Waals surface area contributed by atoms with Crippen LogP contribution in [-0.2, 0) is 11.3 Å².